The van der Waals surface area contributed by atoms with Gasteiger partial charge in [-0.1, -0.05) is 42.5 Å². The topological polar surface area (TPSA) is 32.8 Å². The Kier molecular flexibility index (Phi) is 7.15. The van der Waals surface area contributed by atoms with Crippen molar-refractivity contribution in [2.24, 2.45) is 0 Å². The Morgan fingerprint density at radius 3 is 2.63 bits per heavy atom. The monoisotopic (exact) mass is 418 g/mol. The first-order valence-corrected chi connectivity index (χ1v) is 9.82. The molecule has 1 saturated heterocycles. The number of hydrogen-bond acceptors (Lipinski definition) is 3. The zero-order valence-electron chi connectivity index (χ0n) is 16.9. The maximum Gasteiger partial charge on any atom is 0.416 e. The van der Waals surface area contributed by atoms with E-state index in [-0.39, 0.29) is 12.5 Å². The quantitative estimate of drug-likeness (QED) is 0.694. The molecule has 1 aliphatic heterocycles. The molecule has 1 aliphatic rings. The molecular weight excluding hydrogens is 393 g/mol. The Hall–Kier alpha value is -2.80. The van der Waals surface area contributed by atoms with Crippen LogP contribution in [0.1, 0.15) is 23.1 Å². The highest BCUT2D eigenvalue weighted by molar-refractivity contribution is 5.76. The summed E-state index contributed by atoms with van der Waals surface area (Å²) in [6.45, 7) is 2.64. The maximum atomic E-state index is 12.9. The van der Waals surface area contributed by atoms with Crippen LogP contribution in [0.3, 0.4) is 0 Å². The first-order chi connectivity index (χ1) is 14.4. The molecule has 30 heavy (non-hydrogen) atoms. The van der Waals surface area contributed by atoms with Gasteiger partial charge >= 0.3 is 6.18 Å². The highest BCUT2D eigenvalue weighted by Gasteiger charge is 2.30. The molecule has 0 atom stereocenters. The van der Waals surface area contributed by atoms with Crippen LogP contribution < -0.4 is 4.74 Å². The number of carbonyl (C=O) groups excluding carboxylic acids is 1. The number of ether oxygens (including phenoxy) is 1. The fourth-order valence-corrected chi connectivity index (χ4v) is 3.46. The summed E-state index contributed by atoms with van der Waals surface area (Å²) in [6.07, 6.45) is -0.0123. The Labute approximate surface area is 174 Å². The Morgan fingerprint density at radius 1 is 1.07 bits per heavy atom. The Bertz CT molecular complexity index is 896. The lowest BCUT2D eigenvalue weighted by molar-refractivity contribution is -0.137. The number of nitrogens with zero attached hydrogens (tertiary/aromatic N) is 2. The zero-order chi connectivity index (χ0) is 21.6. The molecule has 0 saturated carbocycles. The normalized spacial score (nSPS) is 16.1. The van der Waals surface area contributed by atoms with E-state index in [1.54, 1.807) is 18.1 Å². The fourth-order valence-electron chi connectivity index (χ4n) is 3.46. The van der Waals surface area contributed by atoms with E-state index in [1.807, 2.05) is 36.4 Å². The lowest BCUT2D eigenvalue weighted by atomic mass is 10.1. The van der Waals surface area contributed by atoms with Gasteiger partial charge in [-0.25, -0.2) is 0 Å². The van der Waals surface area contributed by atoms with Crippen LogP contribution in [-0.4, -0.2) is 49.0 Å². The molecule has 7 heteroatoms. The largest absolute Gasteiger partial charge is 0.496 e. The number of para-hydroxylation sites is 1. The van der Waals surface area contributed by atoms with Gasteiger partial charge in [0.05, 0.1) is 12.7 Å². The van der Waals surface area contributed by atoms with Gasteiger partial charge in [0.2, 0.25) is 5.91 Å². The van der Waals surface area contributed by atoms with E-state index in [4.69, 9.17) is 4.74 Å². The van der Waals surface area contributed by atoms with Crippen molar-refractivity contribution in [3.63, 3.8) is 0 Å². The van der Waals surface area contributed by atoms with Gasteiger partial charge in [-0.05, 0) is 23.8 Å². The summed E-state index contributed by atoms with van der Waals surface area (Å²) >= 11 is 0. The molecule has 0 aliphatic carbocycles. The van der Waals surface area contributed by atoms with Gasteiger partial charge in [-0.3, -0.25) is 9.69 Å². The van der Waals surface area contributed by atoms with E-state index < -0.39 is 11.7 Å². The molecule has 0 unspecified atom stereocenters. The summed E-state index contributed by atoms with van der Waals surface area (Å²) in [5, 5.41) is 0. The number of amides is 1. The molecule has 0 radical (unpaired) electrons. The first-order valence-electron chi connectivity index (χ1n) is 9.82. The minimum atomic E-state index is -4.39. The highest BCUT2D eigenvalue weighted by atomic mass is 19.4. The number of alkyl halides is 3. The van der Waals surface area contributed by atoms with Gasteiger partial charge in [0.15, 0.2) is 0 Å². The van der Waals surface area contributed by atoms with E-state index in [0.29, 0.717) is 38.2 Å². The minimum Gasteiger partial charge on any atom is -0.496 e. The van der Waals surface area contributed by atoms with Gasteiger partial charge in [0.1, 0.15) is 5.75 Å². The van der Waals surface area contributed by atoms with Crippen molar-refractivity contribution in [3.05, 3.63) is 71.3 Å². The van der Waals surface area contributed by atoms with Crippen LogP contribution >= 0.6 is 0 Å². The molecule has 0 bridgehead atoms. The lowest BCUT2D eigenvalue weighted by Crippen LogP contribution is -2.33. The molecule has 3 rings (SSSR count). The second-order valence-electron chi connectivity index (χ2n) is 7.21. The lowest BCUT2D eigenvalue weighted by Gasteiger charge is -2.22. The second-order valence-corrected chi connectivity index (χ2v) is 7.21. The Balaban J connectivity index is 1.58. The molecule has 4 nitrogen and oxygen atoms in total. The van der Waals surface area contributed by atoms with E-state index in [2.05, 4.69) is 4.90 Å². The highest BCUT2D eigenvalue weighted by Crippen LogP contribution is 2.29. The summed E-state index contributed by atoms with van der Waals surface area (Å²) in [5.74, 6) is 0.760. The van der Waals surface area contributed by atoms with Crippen LogP contribution in [0.5, 0.6) is 5.75 Å². The average Bonchev–Trinajstić information content (AvgIpc) is 2.90. The second kappa shape index (κ2) is 9.80. The third-order valence-electron chi connectivity index (χ3n) is 5.11. The SMILES string of the molecule is COc1ccccc1/C=C/CN1CCC(=O)N(Cc2cccc(C(F)(F)F)c2)CC1. The molecule has 1 heterocycles. The summed E-state index contributed by atoms with van der Waals surface area (Å²) in [5.41, 5.74) is 0.783. The summed E-state index contributed by atoms with van der Waals surface area (Å²) < 4.78 is 44.1. The zero-order valence-corrected chi connectivity index (χ0v) is 16.9. The van der Waals surface area contributed by atoms with Crippen molar-refractivity contribution in [3.8, 4) is 5.75 Å². The van der Waals surface area contributed by atoms with Gasteiger partial charge in [-0.15, -0.1) is 0 Å². The average molecular weight is 418 g/mol. The van der Waals surface area contributed by atoms with E-state index in [9.17, 15) is 18.0 Å². The van der Waals surface area contributed by atoms with Crippen LogP contribution in [-0.2, 0) is 17.5 Å². The smallest absolute Gasteiger partial charge is 0.416 e. The molecule has 1 amide bonds. The number of rotatable bonds is 6. The van der Waals surface area contributed by atoms with Crippen molar-refractivity contribution in [2.75, 3.05) is 33.3 Å². The van der Waals surface area contributed by atoms with Crippen LogP contribution in [0, 0.1) is 0 Å². The number of hydrogen-bond donors (Lipinski definition) is 0. The summed E-state index contributed by atoms with van der Waals surface area (Å²) in [7, 11) is 1.63. The van der Waals surface area contributed by atoms with Crippen LogP contribution in [0.25, 0.3) is 6.08 Å². The van der Waals surface area contributed by atoms with Crippen LogP contribution in [0.2, 0.25) is 0 Å². The number of carbonyl (C=O) groups is 1. The van der Waals surface area contributed by atoms with Crippen molar-refractivity contribution in [1.82, 2.24) is 9.80 Å². The van der Waals surface area contributed by atoms with Crippen LogP contribution in [0.4, 0.5) is 13.2 Å². The molecule has 0 N–H and O–H groups in total. The van der Waals surface area contributed by atoms with Gasteiger partial charge < -0.3 is 9.64 Å². The number of methoxy groups -OCH3 is 1. The molecule has 2 aromatic carbocycles. The van der Waals surface area contributed by atoms with E-state index in [0.717, 1.165) is 23.4 Å². The number of halogens is 3. The third-order valence-corrected chi connectivity index (χ3v) is 5.11. The molecule has 160 valence electrons. The predicted molar refractivity (Wildman–Crippen MR) is 110 cm³/mol. The van der Waals surface area contributed by atoms with Crippen molar-refractivity contribution in [1.29, 1.82) is 0 Å². The van der Waals surface area contributed by atoms with E-state index in [1.165, 1.54) is 6.07 Å². The third kappa shape index (κ3) is 5.86. The molecular formula is C23H25F3N2O2. The maximum absolute atomic E-state index is 12.9. The summed E-state index contributed by atoms with van der Waals surface area (Å²) in [4.78, 5) is 16.3. The first kappa shape index (κ1) is 21.9. The summed E-state index contributed by atoms with van der Waals surface area (Å²) in [6, 6.07) is 12.9. The fraction of sp³-hybridized carbons (Fsp3) is 0.348. The van der Waals surface area contributed by atoms with Gasteiger partial charge in [0, 0.05) is 44.7 Å². The molecule has 1 fully saturated rings. The predicted octanol–water partition coefficient (Wildman–Crippen LogP) is 4.46. The van der Waals surface area contributed by atoms with Crippen LogP contribution in [0.15, 0.2) is 54.6 Å². The van der Waals surface area contributed by atoms with Gasteiger partial charge in [-0.2, -0.15) is 13.2 Å². The standard InChI is InChI=1S/C23H25F3N2O2/c1-30-21-10-3-2-7-19(21)8-5-12-27-13-11-22(29)28(15-14-27)17-18-6-4-9-20(16-18)23(24,25)26/h2-10,16H,11-15,17H2,1H3/b8-5+. The van der Waals surface area contributed by atoms with E-state index >= 15 is 0 Å². The van der Waals surface area contributed by atoms with Crippen molar-refractivity contribution in [2.45, 2.75) is 19.1 Å². The molecule has 2 aromatic rings. The molecule has 0 aromatic heterocycles. The minimum absolute atomic E-state index is 0.0383. The van der Waals surface area contributed by atoms with Crippen molar-refractivity contribution < 1.29 is 22.7 Å². The van der Waals surface area contributed by atoms with Gasteiger partial charge in [0.25, 0.3) is 0 Å². The molecule has 0 spiro atoms. The number of benzene rings is 2. The Morgan fingerprint density at radius 2 is 1.87 bits per heavy atom. The van der Waals surface area contributed by atoms with Crippen molar-refractivity contribution >= 4 is 12.0 Å².